The van der Waals surface area contributed by atoms with Crippen molar-refractivity contribution in [3.63, 3.8) is 0 Å². The van der Waals surface area contributed by atoms with E-state index in [0.29, 0.717) is 12.5 Å². The summed E-state index contributed by atoms with van der Waals surface area (Å²) in [4.78, 5) is 34.7. The van der Waals surface area contributed by atoms with Gasteiger partial charge >= 0.3 is 0 Å². The van der Waals surface area contributed by atoms with Crippen molar-refractivity contribution in [2.75, 3.05) is 18.4 Å². The molecule has 1 aliphatic rings. The Morgan fingerprint density at radius 1 is 1.50 bits per heavy atom. The second kappa shape index (κ2) is 7.33. The molecular formula is C16H24N4O2. The molecule has 1 N–H and O–H groups in total. The zero-order valence-electron chi connectivity index (χ0n) is 13.5. The van der Waals surface area contributed by atoms with Crippen LogP contribution in [0.25, 0.3) is 0 Å². The number of aryl methyl sites for hydroxylation is 1. The fraction of sp³-hybridized carbons (Fsp3) is 0.625. The van der Waals surface area contributed by atoms with E-state index in [1.165, 1.54) is 0 Å². The van der Waals surface area contributed by atoms with Crippen molar-refractivity contribution in [1.82, 2.24) is 14.9 Å². The maximum atomic E-state index is 12.4. The smallest absolute Gasteiger partial charge is 0.231 e. The number of amides is 2. The third kappa shape index (κ3) is 4.02. The van der Waals surface area contributed by atoms with Crippen LogP contribution in [0.15, 0.2) is 12.3 Å². The zero-order valence-corrected chi connectivity index (χ0v) is 13.5. The minimum atomic E-state index is -0.189. The Balaban J connectivity index is 1.97. The third-order valence-electron chi connectivity index (χ3n) is 4.17. The van der Waals surface area contributed by atoms with Gasteiger partial charge < -0.3 is 4.90 Å². The molecule has 1 aromatic rings. The van der Waals surface area contributed by atoms with Gasteiger partial charge in [-0.25, -0.2) is 9.97 Å². The van der Waals surface area contributed by atoms with Gasteiger partial charge in [0, 0.05) is 30.9 Å². The Hall–Kier alpha value is -1.98. The van der Waals surface area contributed by atoms with Gasteiger partial charge in [-0.3, -0.25) is 14.9 Å². The number of nitrogens with one attached hydrogen (secondary N) is 1. The van der Waals surface area contributed by atoms with Crippen LogP contribution in [0.2, 0.25) is 0 Å². The molecule has 22 heavy (non-hydrogen) atoms. The summed E-state index contributed by atoms with van der Waals surface area (Å²) in [7, 11) is 0. The highest BCUT2D eigenvalue weighted by atomic mass is 16.2. The number of carbonyl (C=O) groups excluding carboxylic acids is 2. The molecule has 2 heterocycles. The monoisotopic (exact) mass is 304 g/mol. The van der Waals surface area contributed by atoms with Crippen LogP contribution >= 0.6 is 0 Å². The van der Waals surface area contributed by atoms with Gasteiger partial charge in [0.15, 0.2) is 0 Å². The van der Waals surface area contributed by atoms with Crippen LogP contribution in [0.4, 0.5) is 5.95 Å². The molecule has 6 heteroatoms. The highest BCUT2D eigenvalue weighted by Gasteiger charge is 2.30. The minimum absolute atomic E-state index is 0.0157. The van der Waals surface area contributed by atoms with Crippen molar-refractivity contribution in [1.29, 1.82) is 0 Å². The largest absolute Gasteiger partial charge is 0.342 e. The molecule has 2 atom stereocenters. The number of anilines is 1. The summed E-state index contributed by atoms with van der Waals surface area (Å²) < 4.78 is 0. The fourth-order valence-electron chi connectivity index (χ4n) is 2.60. The van der Waals surface area contributed by atoms with Crippen LogP contribution in [0.3, 0.4) is 0 Å². The predicted molar refractivity (Wildman–Crippen MR) is 84.2 cm³/mol. The average molecular weight is 304 g/mol. The van der Waals surface area contributed by atoms with Crippen LogP contribution in [-0.4, -0.2) is 39.8 Å². The minimum Gasteiger partial charge on any atom is -0.342 e. The van der Waals surface area contributed by atoms with E-state index < -0.39 is 0 Å². The second-order valence-corrected chi connectivity index (χ2v) is 5.94. The molecule has 0 spiro atoms. The van der Waals surface area contributed by atoms with Crippen molar-refractivity contribution in [3.8, 4) is 0 Å². The molecule has 0 saturated carbocycles. The van der Waals surface area contributed by atoms with E-state index in [2.05, 4.69) is 15.3 Å². The molecular weight excluding hydrogens is 280 g/mol. The summed E-state index contributed by atoms with van der Waals surface area (Å²) in [5.74, 6) is 0.196. The van der Waals surface area contributed by atoms with Crippen molar-refractivity contribution < 1.29 is 9.59 Å². The number of hydrogen-bond acceptors (Lipinski definition) is 4. The van der Waals surface area contributed by atoms with Crippen LogP contribution in [0.1, 0.15) is 38.8 Å². The van der Waals surface area contributed by atoms with Crippen LogP contribution in [-0.2, 0) is 9.59 Å². The number of piperidine rings is 1. The van der Waals surface area contributed by atoms with E-state index >= 15 is 0 Å². The number of rotatable bonds is 4. The molecule has 1 aliphatic heterocycles. The molecule has 0 radical (unpaired) electrons. The predicted octanol–water partition coefficient (Wildman–Crippen LogP) is 2.01. The van der Waals surface area contributed by atoms with Crippen molar-refractivity contribution >= 4 is 17.8 Å². The Labute approximate surface area is 131 Å². The highest BCUT2D eigenvalue weighted by Crippen LogP contribution is 2.20. The Bertz CT molecular complexity index is 547. The number of nitrogens with zero attached hydrogens (tertiary/aromatic N) is 3. The van der Waals surface area contributed by atoms with E-state index in [-0.39, 0.29) is 23.7 Å². The first-order valence-corrected chi connectivity index (χ1v) is 7.90. The Morgan fingerprint density at radius 3 is 2.95 bits per heavy atom. The lowest BCUT2D eigenvalue weighted by atomic mass is 9.95. The summed E-state index contributed by atoms with van der Waals surface area (Å²) in [5, 5.41) is 2.76. The third-order valence-corrected chi connectivity index (χ3v) is 4.17. The lowest BCUT2D eigenvalue weighted by Gasteiger charge is -2.33. The molecule has 120 valence electrons. The summed E-state index contributed by atoms with van der Waals surface area (Å²) >= 11 is 0. The molecule has 0 aromatic carbocycles. The lowest BCUT2D eigenvalue weighted by molar-refractivity contribution is -0.138. The van der Waals surface area contributed by atoms with E-state index in [1.807, 2.05) is 25.7 Å². The number of aromatic nitrogens is 2. The summed E-state index contributed by atoms with van der Waals surface area (Å²) in [6, 6.07) is 1.78. The molecule has 1 aromatic heterocycles. The SMILES string of the molecule is CC[C@H](C)C(=O)N1CCC[C@@H](C(=O)Nc2nccc(C)n2)C1. The van der Waals surface area contributed by atoms with Crippen molar-refractivity contribution in [2.45, 2.75) is 40.0 Å². The molecule has 0 aliphatic carbocycles. The Kier molecular flexibility index (Phi) is 5.46. The second-order valence-electron chi connectivity index (χ2n) is 5.94. The topological polar surface area (TPSA) is 75.2 Å². The molecule has 0 bridgehead atoms. The highest BCUT2D eigenvalue weighted by molar-refractivity contribution is 5.91. The summed E-state index contributed by atoms with van der Waals surface area (Å²) in [5.41, 5.74) is 0.808. The molecule has 1 fully saturated rings. The number of carbonyl (C=O) groups is 2. The maximum Gasteiger partial charge on any atom is 0.231 e. The van der Waals surface area contributed by atoms with Gasteiger partial charge in [-0.05, 0) is 32.3 Å². The normalized spacial score (nSPS) is 19.6. The van der Waals surface area contributed by atoms with Gasteiger partial charge in [-0.1, -0.05) is 13.8 Å². The first kappa shape index (κ1) is 16.4. The van der Waals surface area contributed by atoms with Gasteiger partial charge in [-0.15, -0.1) is 0 Å². The summed E-state index contributed by atoms with van der Waals surface area (Å²) in [6.07, 6.45) is 4.10. The van der Waals surface area contributed by atoms with Gasteiger partial charge in [0.25, 0.3) is 0 Å². The first-order valence-electron chi connectivity index (χ1n) is 7.90. The van der Waals surface area contributed by atoms with Crippen molar-refractivity contribution in [3.05, 3.63) is 18.0 Å². The zero-order chi connectivity index (χ0) is 16.1. The molecule has 1 saturated heterocycles. The molecule has 2 amide bonds. The van der Waals surface area contributed by atoms with Gasteiger partial charge in [0.2, 0.25) is 17.8 Å². The molecule has 0 unspecified atom stereocenters. The first-order chi connectivity index (χ1) is 10.5. The van der Waals surface area contributed by atoms with Gasteiger partial charge in [0.1, 0.15) is 0 Å². The van der Waals surface area contributed by atoms with E-state index in [1.54, 1.807) is 12.3 Å². The van der Waals surface area contributed by atoms with E-state index in [4.69, 9.17) is 0 Å². The van der Waals surface area contributed by atoms with Gasteiger partial charge in [0.05, 0.1) is 5.92 Å². The lowest BCUT2D eigenvalue weighted by Crippen LogP contribution is -2.45. The standard InChI is InChI=1S/C16H24N4O2/c1-4-11(2)15(22)20-9-5-6-13(10-20)14(21)19-16-17-8-7-12(3)18-16/h7-8,11,13H,4-6,9-10H2,1-3H3,(H,17,18,19,21)/t11-,13+/m0/s1. The fourth-order valence-corrected chi connectivity index (χ4v) is 2.60. The molecule has 6 nitrogen and oxygen atoms in total. The average Bonchev–Trinajstić information content (AvgIpc) is 2.53. The molecule has 2 rings (SSSR count). The van der Waals surface area contributed by atoms with Gasteiger partial charge in [-0.2, -0.15) is 0 Å². The summed E-state index contributed by atoms with van der Waals surface area (Å²) in [6.45, 7) is 7.03. The number of hydrogen-bond donors (Lipinski definition) is 1. The number of likely N-dealkylation sites (tertiary alicyclic amines) is 1. The van der Waals surface area contributed by atoms with Crippen LogP contribution < -0.4 is 5.32 Å². The maximum absolute atomic E-state index is 12.4. The van der Waals surface area contributed by atoms with Crippen molar-refractivity contribution in [2.24, 2.45) is 11.8 Å². The van der Waals surface area contributed by atoms with E-state index in [0.717, 1.165) is 31.5 Å². The Morgan fingerprint density at radius 2 is 2.27 bits per heavy atom. The van der Waals surface area contributed by atoms with Crippen LogP contribution in [0, 0.1) is 18.8 Å². The quantitative estimate of drug-likeness (QED) is 0.923. The van der Waals surface area contributed by atoms with Crippen LogP contribution in [0.5, 0.6) is 0 Å². The van der Waals surface area contributed by atoms with E-state index in [9.17, 15) is 9.59 Å².